The first-order valence-electron chi connectivity index (χ1n) is 5.89. The van der Waals surface area contributed by atoms with Gasteiger partial charge in [-0.25, -0.2) is 0 Å². The smallest absolute Gasteiger partial charge is 0.320 e. The average Bonchev–Trinajstić information content (AvgIpc) is 3.02. The normalized spacial score (nSPS) is 48.8. The van der Waals surface area contributed by atoms with Crippen molar-refractivity contribution in [3.8, 4) is 0 Å². The van der Waals surface area contributed by atoms with E-state index in [1.165, 1.54) is 0 Å². The van der Waals surface area contributed by atoms with Gasteiger partial charge in [-0.05, 0) is 12.8 Å². The number of rotatable bonds is 1. The maximum Gasteiger partial charge on any atom is 0.320 e. The fourth-order valence-electron chi connectivity index (χ4n) is 3.59. The van der Waals surface area contributed by atoms with E-state index >= 15 is 0 Å². The Bertz CT molecular complexity index is 401. The molecule has 4 saturated heterocycles. The summed E-state index contributed by atoms with van der Waals surface area (Å²) in [5, 5.41) is 0. The Labute approximate surface area is 97.1 Å². The van der Waals surface area contributed by atoms with E-state index in [4.69, 9.17) is 18.9 Å². The van der Waals surface area contributed by atoms with Gasteiger partial charge in [-0.3, -0.25) is 9.59 Å². The van der Waals surface area contributed by atoms with Crippen LogP contribution < -0.4 is 0 Å². The summed E-state index contributed by atoms with van der Waals surface area (Å²) in [6, 6.07) is 0. The highest BCUT2D eigenvalue weighted by molar-refractivity contribution is 5.98. The first-order valence-corrected chi connectivity index (χ1v) is 5.89. The number of carbonyl (C=O) groups is 2. The van der Waals surface area contributed by atoms with Crippen LogP contribution in [0.2, 0.25) is 0 Å². The van der Waals surface area contributed by atoms with Crippen molar-refractivity contribution in [1.82, 2.24) is 0 Å². The van der Waals surface area contributed by atoms with E-state index in [1.54, 1.807) is 0 Å². The van der Waals surface area contributed by atoms with Gasteiger partial charge < -0.3 is 18.9 Å². The minimum Gasteiger partial charge on any atom is -0.393 e. The lowest BCUT2D eigenvalue weighted by atomic mass is 9.72. The largest absolute Gasteiger partial charge is 0.393 e. The van der Waals surface area contributed by atoms with Crippen LogP contribution in [0.4, 0.5) is 0 Å². The first-order chi connectivity index (χ1) is 8.22. The Morgan fingerprint density at radius 2 is 1.88 bits per heavy atom. The van der Waals surface area contributed by atoms with Gasteiger partial charge in [0.2, 0.25) is 0 Å². The molecule has 17 heavy (non-hydrogen) atoms. The summed E-state index contributed by atoms with van der Waals surface area (Å²) >= 11 is 0. The summed E-state index contributed by atoms with van der Waals surface area (Å²) in [5.41, 5.74) is -0.797. The molecular formula is C11H12O6. The number of cyclic esters (lactones) is 2. The third kappa shape index (κ3) is 1.06. The zero-order chi connectivity index (χ0) is 11.6. The molecule has 0 aromatic rings. The summed E-state index contributed by atoms with van der Waals surface area (Å²) in [6.45, 7) is 1.00. The molecule has 0 radical (unpaired) electrons. The number of hydrogen-bond donors (Lipinski definition) is 0. The molecule has 92 valence electrons. The zero-order valence-electron chi connectivity index (χ0n) is 9.09. The Kier molecular flexibility index (Phi) is 1.80. The molecule has 0 aliphatic carbocycles. The van der Waals surface area contributed by atoms with Crippen molar-refractivity contribution in [1.29, 1.82) is 0 Å². The van der Waals surface area contributed by atoms with Gasteiger partial charge in [0.1, 0.15) is 11.5 Å². The minimum atomic E-state index is -0.797. The van der Waals surface area contributed by atoms with Crippen molar-refractivity contribution in [3.05, 3.63) is 0 Å². The summed E-state index contributed by atoms with van der Waals surface area (Å²) in [6.07, 6.45) is 0.686. The second-order valence-corrected chi connectivity index (χ2v) is 4.97. The second-order valence-electron chi connectivity index (χ2n) is 4.97. The Morgan fingerprint density at radius 3 is 2.65 bits per heavy atom. The van der Waals surface area contributed by atoms with Crippen molar-refractivity contribution in [2.45, 2.75) is 30.8 Å². The van der Waals surface area contributed by atoms with E-state index < -0.39 is 35.7 Å². The highest BCUT2D eigenvalue weighted by Gasteiger charge is 2.72. The molecule has 4 heterocycles. The molecule has 0 spiro atoms. The van der Waals surface area contributed by atoms with Gasteiger partial charge in [0, 0.05) is 0 Å². The molecule has 2 bridgehead atoms. The fourth-order valence-corrected chi connectivity index (χ4v) is 3.59. The highest BCUT2D eigenvalue weighted by Crippen LogP contribution is 2.57. The van der Waals surface area contributed by atoms with Gasteiger partial charge in [0.05, 0.1) is 25.2 Å². The van der Waals surface area contributed by atoms with E-state index in [0.29, 0.717) is 19.6 Å². The van der Waals surface area contributed by atoms with Crippen LogP contribution in [0.3, 0.4) is 0 Å². The van der Waals surface area contributed by atoms with Gasteiger partial charge in [-0.1, -0.05) is 0 Å². The molecule has 4 aliphatic heterocycles. The van der Waals surface area contributed by atoms with E-state index in [9.17, 15) is 9.59 Å². The Hall–Kier alpha value is -0.980. The molecular weight excluding hydrogens is 228 g/mol. The van der Waals surface area contributed by atoms with Crippen LogP contribution in [0.15, 0.2) is 0 Å². The summed E-state index contributed by atoms with van der Waals surface area (Å²) in [7, 11) is 0. The van der Waals surface area contributed by atoms with Gasteiger partial charge in [-0.2, -0.15) is 0 Å². The standard InChI is InChI=1S/C11H12O6/c12-8-6-5-1-2-11(17-5,7(6)9(13)16-8)10-14-3-4-15-10/h5-7,10H,1-4H2/t5-,6-,7-,11+/m1/s1. The van der Waals surface area contributed by atoms with Crippen molar-refractivity contribution >= 4 is 11.9 Å². The van der Waals surface area contributed by atoms with Crippen molar-refractivity contribution in [3.63, 3.8) is 0 Å². The number of ether oxygens (including phenoxy) is 4. The van der Waals surface area contributed by atoms with E-state index in [2.05, 4.69) is 0 Å². The number of esters is 2. The lowest BCUT2D eigenvalue weighted by Gasteiger charge is -2.33. The number of carbonyl (C=O) groups excluding carboxylic acids is 2. The molecule has 0 amide bonds. The Morgan fingerprint density at radius 1 is 1.12 bits per heavy atom. The van der Waals surface area contributed by atoms with E-state index in [-0.39, 0.29) is 6.10 Å². The number of fused-ring (bicyclic) bond motifs is 5. The van der Waals surface area contributed by atoms with Crippen LogP contribution in [-0.4, -0.2) is 43.1 Å². The molecule has 6 nitrogen and oxygen atoms in total. The van der Waals surface area contributed by atoms with Gasteiger partial charge >= 0.3 is 11.9 Å². The fraction of sp³-hybridized carbons (Fsp3) is 0.818. The topological polar surface area (TPSA) is 71.1 Å². The molecule has 4 atom stereocenters. The maximum atomic E-state index is 11.8. The quantitative estimate of drug-likeness (QED) is 0.459. The minimum absolute atomic E-state index is 0.216. The van der Waals surface area contributed by atoms with Crippen LogP contribution in [0.5, 0.6) is 0 Å². The van der Waals surface area contributed by atoms with E-state index in [0.717, 1.165) is 6.42 Å². The zero-order valence-corrected chi connectivity index (χ0v) is 9.09. The SMILES string of the molecule is O=C1OC(=O)[C@H]2[C@H]1[C@H]1CC[C@]2(C2OCCO2)O1. The van der Waals surface area contributed by atoms with E-state index in [1.807, 2.05) is 0 Å². The van der Waals surface area contributed by atoms with Crippen molar-refractivity contribution in [2.24, 2.45) is 11.8 Å². The predicted octanol–water partition coefficient (Wildman–Crippen LogP) is -0.394. The molecule has 0 aromatic heterocycles. The first kappa shape index (κ1) is 9.99. The molecule has 0 N–H and O–H groups in total. The van der Waals surface area contributed by atoms with Crippen LogP contribution in [0.25, 0.3) is 0 Å². The van der Waals surface area contributed by atoms with Gasteiger partial charge in [0.15, 0.2) is 6.29 Å². The van der Waals surface area contributed by atoms with Crippen LogP contribution in [-0.2, 0) is 28.5 Å². The molecule has 0 aromatic carbocycles. The molecule has 6 heteroatoms. The summed E-state index contributed by atoms with van der Waals surface area (Å²) in [5.74, 6) is -1.94. The average molecular weight is 240 g/mol. The predicted molar refractivity (Wildman–Crippen MR) is 50.6 cm³/mol. The Balaban J connectivity index is 1.76. The van der Waals surface area contributed by atoms with Gasteiger partial charge in [-0.15, -0.1) is 0 Å². The highest BCUT2D eigenvalue weighted by atomic mass is 16.7. The molecule has 4 fully saturated rings. The second kappa shape index (κ2) is 3.07. The van der Waals surface area contributed by atoms with Crippen molar-refractivity contribution in [2.75, 3.05) is 13.2 Å². The number of hydrogen-bond acceptors (Lipinski definition) is 6. The third-order valence-corrected chi connectivity index (χ3v) is 4.22. The molecule has 4 aliphatic rings. The molecule has 0 saturated carbocycles. The van der Waals surface area contributed by atoms with Crippen LogP contribution in [0, 0.1) is 11.8 Å². The maximum absolute atomic E-state index is 11.8. The summed E-state index contributed by atoms with van der Waals surface area (Å²) < 4.78 is 21.6. The molecule has 4 rings (SSSR count). The monoisotopic (exact) mass is 240 g/mol. The third-order valence-electron chi connectivity index (χ3n) is 4.22. The lowest BCUT2D eigenvalue weighted by molar-refractivity contribution is -0.199. The van der Waals surface area contributed by atoms with Crippen molar-refractivity contribution < 1.29 is 28.5 Å². The lowest BCUT2D eigenvalue weighted by Crippen LogP contribution is -2.49. The molecule has 0 unspecified atom stereocenters. The summed E-state index contributed by atoms with van der Waals surface area (Å²) in [4.78, 5) is 23.4. The van der Waals surface area contributed by atoms with Crippen LogP contribution in [0.1, 0.15) is 12.8 Å². The van der Waals surface area contributed by atoms with Gasteiger partial charge in [0.25, 0.3) is 0 Å². The van der Waals surface area contributed by atoms with Crippen LogP contribution >= 0.6 is 0 Å².